The molecule has 0 N–H and O–H groups in total. The van der Waals surface area contributed by atoms with Gasteiger partial charge in [0.1, 0.15) is 6.54 Å². The van der Waals surface area contributed by atoms with E-state index in [9.17, 15) is 18.0 Å². The van der Waals surface area contributed by atoms with Crippen molar-refractivity contribution in [3.63, 3.8) is 0 Å². The third-order valence-corrected chi connectivity index (χ3v) is 7.15. The lowest BCUT2D eigenvalue weighted by molar-refractivity contribution is -0.142. The Morgan fingerprint density at radius 2 is 1.68 bits per heavy atom. The third-order valence-electron chi connectivity index (χ3n) is 7.15. The Bertz CT molecular complexity index is 1370. The number of aryl methyl sites for hydroxylation is 3. The number of carbonyl (C=O) groups excluding carboxylic acids is 1. The van der Waals surface area contributed by atoms with Gasteiger partial charge in [-0.2, -0.15) is 23.4 Å². The molecule has 5 nitrogen and oxygen atoms in total. The van der Waals surface area contributed by atoms with Crippen molar-refractivity contribution in [1.82, 2.24) is 14.8 Å². The molecule has 2 unspecified atom stereocenters. The summed E-state index contributed by atoms with van der Waals surface area (Å²) in [6, 6.07) is 17.0. The van der Waals surface area contributed by atoms with E-state index in [1.807, 2.05) is 38.1 Å². The minimum absolute atomic E-state index is 0.0153. The van der Waals surface area contributed by atoms with Crippen LogP contribution in [0.25, 0.3) is 6.08 Å². The second kappa shape index (κ2) is 9.65. The van der Waals surface area contributed by atoms with E-state index in [2.05, 4.69) is 35.4 Å². The number of amides is 1. The fraction of sp³-hybridized carbons (Fsp3) is 0.345. The van der Waals surface area contributed by atoms with Gasteiger partial charge in [0.2, 0.25) is 0 Å². The van der Waals surface area contributed by atoms with Crippen molar-refractivity contribution in [3.8, 4) is 0 Å². The highest BCUT2D eigenvalue weighted by Crippen LogP contribution is 2.44. The van der Waals surface area contributed by atoms with E-state index in [-0.39, 0.29) is 30.1 Å². The van der Waals surface area contributed by atoms with Crippen LogP contribution >= 0.6 is 0 Å². The Morgan fingerprint density at radius 3 is 2.30 bits per heavy atom. The second-order valence-corrected chi connectivity index (χ2v) is 9.98. The summed E-state index contributed by atoms with van der Waals surface area (Å²) in [4.78, 5) is 13.6. The van der Waals surface area contributed by atoms with Gasteiger partial charge in [0.15, 0.2) is 5.69 Å². The topological polar surface area (TPSA) is 50.5 Å². The number of fused-ring (bicyclic) bond motifs is 1. The van der Waals surface area contributed by atoms with Gasteiger partial charge in [-0.05, 0) is 68.9 Å². The molecule has 1 amide bonds. The van der Waals surface area contributed by atoms with Crippen molar-refractivity contribution in [3.05, 3.63) is 93.8 Å². The SMILES string of the molecule is Cc1ccc(C=C2CCCC3C2=NN(C(=O)Cn2nc(C(F)(F)F)cc2C)C3c2ccc(C)cc2)cc1. The van der Waals surface area contributed by atoms with Crippen molar-refractivity contribution >= 4 is 17.7 Å². The maximum atomic E-state index is 13.6. The smallest absolute Gasteiger partial charge is 0.271 e. The summed E-state index contributed by atoms with van der Waals surface area (Å²) in [7, 11) is 0. The van der Waals surface area contributed by atoms with E-state index >= 15 is 0 Å². The molecule has 1 aliphatic carbocycles. The summed E-state index contributed by atoms with van der Waals surface area (Å²) in [5.74, 6) is -0.372. The molecule has 0 radical (unpaired) electrons. The lowest BCUT2D eigenvalue weighted by Gasteiger charge is -2.29. The Labute approximate surface area is 214 Å². The van der Waals surface area contributed by atoms with Gasteiger partial charge in [0.05, 0.1) is 11.8 Å². The molecule has 1 saturated carbocycles. The molecule has 192 valence electrons. The van der Waals surface area contributed by atoms with Gasteiger partial charge in [-0.25, -0.2) is 5.01 Å². The van der Waals surface area contributed by atoms with Crippen LogP contribution in [0, 0.1) is 26.7 Å². The maximum absolute atomic E-state index is 13.6. The molecule has 37 heavy (non-hydrogen) atoms. The van der Waals surface area contributed by atoms with E-state index in [4.69, 9.17) is 5.10 Å². The largest absolute Gasteiger partial charge is 0.435 e. The summed E-state index contributed by atoms with van der Waals surface area (Å²) < 4.78 is 40.7. The van der Waals surface area contributed by atoms with Crippen molar-refractivity contribution < 1.29 is 18.0 Å². The van der Waals surface area contributed by atoms with Crippen molar-refractivity contribution in [2.45, 2.75) is 58.8 Å². The van der Waals surface area contributed by atoms with Crippen LogP contribution in [0.3, 0.4) is 0 Å². The first-order valence-electron chi connectivity index (χ1n) is 12.5. The summed E-state index contributed by atoms with van der Waals surface area (Å²) in [6.07, 6.45) is 0.281. The molecule has 1 fully saturated rings. The first-order valence-corrected chi connectivity index (χ1v) is 12.5. The van der Waals surface area contributed by atoms with Crippen LogP contribution in [0.15, 0.2) is 65.3 Å². The lowest BCUT2D eigenvalue weighted by Crippen LogP contribution is -2.34. The molecule has 0 spiro atoms. The van der Waals surface area contributed by atoms with Crippen LogP contribution in [0.2, 0.25) is 0 Å². The standard InChI is InChI=1S/C29H29F3N4O/c1-18-7-11-21(12-8-18)16-23-5-4-6-24-27(23)34-36(28(24)22-13-9-19(2)10-14-22)26(37)17-35-20(3)15-25(33-35)29(30,31)32/h7-16,24,28H,4-6,17H2,1-3H3. The Kier molecular flexibility index (Phi) is 6.52. The van der Waals surface area contributed by atoms with Gasteiger partial charge in [-0.3, -0.25) is 9.48 Å². The van der Waals surface area contributed by atoms with Crippen LogP contribution in [0.4, 0.5) is 13.2 Å². The zero-order valence-corrected chi connectivity index (χ0v) is 21.1. The van der Waals surface area contributed by atoms with Crippen LogP contribution in [-0.2, 0) is 17.5 Å². The molecule has 1 aromatic heterocycles. The zero-order chi connectivity index (χ0) is 26.3. The average Bonchev–Trinajstić information content (AvgIpc) is 3.43. The average molecular weight is 507 g/mol. The molecule has 3 aromatic rings. The number of benzene rings is 2. The number of hydrogen-bond acceptors (Lipinski definition) is 3. The van der Waals surface area contributed by atoms with Gasteiger partial charge < -0.3 is 0 Å². The van der Waals surface area contributed by atoms with Crippen LogP contribution < -0.4 is 0 Å². The van der Waals surface area contributed by atoms with Crippen LogP contribution in [0.1, 0.15) is 58.9 Å². The number of hydrazone groups is 1. The molecule has 5 rings (SSSR count). The Balaban J connectivity index is 1.51. The highest BCUT2D eigenvalue weighted by atomic mass is 19.4. The molecular formula is C29H29F3N4O. The number of rotatable bonds is 4. The first-order chi connectivity index (χ1) is 17.6. The van der Waals surface area contributed by atoms with Gasteiger partial charge in [-0.15, -0.1) is 0 Å². The molecule has 2 atom stereocenters. The van der Waals surface area contributed by atoms with E-state index in [1.165, 1.54) is 17.5 Å². The quantitative estimate of drug-likeness (QED) is 0.398. The molecule has 2 aliphatic rings. The summed E-state index contributed by atoms with van der Waals surface area (Å²) in [5.41, 5.74) is 5.59. The summed E-state index contributed by atoms with van der Waals surface area (Å²) in [5, 5.41) is 9.97. The van der Waals surface area contributed by atoms with Gasteiger partial charge >= 0.3 is 6.18 Å². The van der Waals surface area contributed by atoms with Crippen molar-refractivity contribution in [2.24, 2.45) is 11.0 Å². The van der Waals surface area contributed by atoms with E-state index in [0.29, 0.717) is 0 Å². The number of nitrogens with zero attached hydrogens (tertiary/aromatic N) is 4. The molecule has 2 heterocycles. The monoisotopic (exact) mass is 506 g/mol. The molecule has 0 saturated heterocycles. The van der Waals surface area contributed by atoms with E-state index in [0.717, 1.165) is 58.0 Å². The van der Waals surface area contributed by atoms with Gasteiger partial charge in [0.25, 0.3) is 5.91 Å². The number of allylic oxidation sites excluding steroid dienone is 1. The van der Waals surface area contributed by atoms with Crippen molar-refractivity contribution in [1.29, 1.82) is 0 Å². The minimum Gasteiger partial charge on any atom is -0.271 e. The predicted molar refractivity (Wildman–Crippen MR) is 137 cm³/mol. The Hall–Kier alpha value is -3.68. The maximum Gasteiger partial charge on any atom is 0.435 e. The third kappa shape index (κ3) is 5.10. The first kappa shape index (κ1) is 25.0. The predicted octanol–water partition coefficient (Wildman–Crippen LogP) is 6.65. The van der Waals surface area contributed by atoms with E-state index in [1.54, 1.807) is 0 Å². The van der Waals surface area contributed by atoms with Crippen molar-refractivity contribution in [2.75, 3.05) is 0 Å². The fourth-order valence-electron chi connectivity index (χ4n) is 5.18. The number of carbonyl (C=O) groups is 1. The number of halogens is 3. The Morgan fingerprint density at radius 1 is 1.03 bits per heavy atom. The van der Waals surface area contributed by atoms with Gasteiger partial charge in [0, 0.05) is 11.6 Å². The summed E-state index contributed by atoms with van der Waals surface area (Å²) >= 11 is 0. The van der Waals surface area contributed by atoms with Crippen LogP contribution in [-0.4, -0.2) is 26.4 Å². The fourth-order valence-corrected chi connectivity index (χ4v) is 5.18. The van der Waals surface area contributed by atoms with Crippen LogP contribution in [0.5, 0.6) is 0 Å². The van der Waals surface area contributed by atoms with E-state index < -0.39 is 11.9 Å². The number of hydrogen-bond donors (Lipinski definition) is 0. The molecule has 2 aromatic carbocycles. The number of aromatic nitrogens is 2. The van der Waals surface area contributed by atoms with Gasteiger partial charge in [-0.1, -0.05) is 59.7 Å². The zero-order valence-electron chi connectivity index (χ0n) is 21.1. The minimum atomic E-state index is -4.57. The molecule has 0 bridgehead atoms. The normalized spacial score (nSPS) is 20.8. The number of alkyl halides is 3. The summed E-state index contributed by atoms with van der Waals surface area (Å²) in [6.45, 7) is 5.25. The molecular weight excluding hydrogens is 477 g/mol. The second-order valence-electron chi connectivity index (χ2n) is 9.98. The molecule has 1 aliphatic heterocycles. The lowest BCUT2D eigenvalue weighted by atomic mass is 9.77. The highest BCUT2D eigenvalue weighted by Gasteiger charge is 2.44. The molecule has 8 heteroatoms. The highest BCUT2D eigenvalue weighted by molar-refractivity contribution is 6.08.